The summed E-state index contributed by atoms with van der Waals surface area (Å²) in [6.07, 6.45) is 4.92. The molecule has 0 aliphatic rings. The van der Waals surface area contributed by atoms with Crippen molar-refractivity contribution in [2.75, 3.05) is 13.7 Å². The largest absolute Gasteiger partial charge is 0.495 e. The summed E-state index contributed by atoms with van der Waals surface area (Å²) in [5.41, 5.74) is 7.78. The molecule has 0 radical (unpaired) electrons. The Kier molecular flexibility index (Phi) is 4.85. The van der Waals surface area contributed by atoms with Crippen LogP contribution in [0.25, 0.3) is 6.08 Å². The van der Waals surface area contributed by atoms with Gasteiger partial charge in [0.25, 0.3) is 0 Å². The molecule has 0 atom stereocenters. The number of benzene rings is 1. The van der Waals surface area contributed by atoms with E-state index in [1.807, 2.05) is 12.2 Å². The van der Waals surface area contributed by atoms with Crippen molar-refractivity contribution in [3.8, 4) is 5.75 Å². The maximum atomic E-state index is 5.44. The van der Waals surface area contributed by atoms with E-state index in [1.165, 1.54) is 5.56 Å². The van der Waals surface area contributed by atoms with Crippen LogP contribution in [0.4, 0.5) is 0 Å². The molecular weight excluding hydrogens is 254 g/mol. The highest BCUT2D eigenvalue weighted by Crippen LogP contribution is 2.31. The van der Waals surface area contributed by atoms with Crippen LogP contribution in [-0.2, 0) is 6.42 Å². The Bertz CT molecular complexity index is 361. The summed E-state index contributed by atoms with van der Waals surface area (Å²) in [4.78, 5) is 0. The number of hydrogen-bond donors (Lipinski definition) is 1. The molecule has 0 aromatic heterocycles. The van der Waals surface area contributed by atoms with Crippen LogP contribution in [-0.4, -0.2) is 13.7 Å². The van der Waals surface area contributed by atoms with E-state index in [9.17, 15) is 0 Å². The van der Waals surface area contributed by atoms with Crippen LogP contribution >= 0.6 is 15.9 Å². The van der Waals surface area contributed by atoms with Crippen LogP contribution in [0.15, 0.2) is 22.7 Å². The lowest BCUT2D eigenvalue weighted by Crippen LogP contribution is -1.94. The van der Waals surface area contributed by atoms with Gasteiger partial charge in [-0.05, 0) is 40.0 Å². The molecular formula is C12H16BrNO. The molecule has 0 unspecified atom stereocenters. The molecule has 1 aromatic rings. The van der Waals surface area contributed by atoms with Crippen molar-refractivity contribution < 1.29 is 4.74 Å². The van der Waals surface area contributed by atoms with Crippen molar-refractivity contribution in [1.82, 2.24) is 0 Å². The highest BCUT2D eigenvalue weighted by Gasteiger charge is 2.06. The maximum Gasteiger partial charge on any atom is 0.140 e. The highest BCUT2D eigenvalue weighted by atomic mass is 79.9. The lowest BCUT2D eigenvalue weighted by Gasteiger charge is -2.09. The minimum Gasteiger partial charge on any atom is -0.495 e. The summed E-state index contributed by atoms with van der Waals surface area (Å²) in [6, 6.07) is 4.20. The molecule has 3 heteroatoms. The molecule has 0 aliphatic carbocycles. The van der Waals surface area contributed by atoms with E-state index in [4.69, 9.17) is 10.5 Å². The van der Waals surface area contributed by atoms with Crippen LogP contribution in [0.5, 0.6) is 5.75 Å². The summed E-state index contributed by atoms with van der Waals surface area (Å²) in [5.74, 6) is 0.858. The van der Waals surface area contributed by atoms with Gasteiger partial charge in [-0.1, -0.05) is 19.1 Å². The molecule has 2 nitrogen and oxygen atoms in total. The molecule has 0 bridgehead atoms. The first-order chi connectivity index (χ1) is 7.22. The molecule has 1 aromatic carbocycles. The van der Waals surface area contributed by atoms with E-state index < -0.39 is 0 Å². The van der Waals surface area contributed by atoms with E-state index >= 15 is 0 Å². The number of aryl methyl sites for hydroxylation is 1. The number of hydrogen-bond acceptors (Lipinski definition) is 2. The van der Waals surface area contributed by atoms with Crippen molar-refractivity contribution in [2.24, 2.45) is 5.73 Å². The van der Waals surface area contributed by atoms with Crippen LogP contribution in [0.2, 0.25) is 0 Å². The van der Waals surface area contributed by atoms with Crippen LogP contribution in [0, 0.1) is 0 Å². The van der Waals surface area contributed by atoms with E-state index in [0.29, 0.717) is 6.54 Å². The van der Waals surface area contributed by atoms with Crippen LogP contribution in [0.1, 0.15) is 18.1 Å². The Hall–Kier alpha value is -0.800. The summed E-state index contributed by atoms with van der Waals surface area (Å²) in [5, 5.41) is 0. The highest BCUT2D eigenvalue weighted by molar-refractivity contribution is 9.10. The standard InChI is InChI=1S/C12H16BrNO/c1-3-9-7-10(5-4-6-14)12(15-2)11(13)8-9/h4-5,7-8H,3,6,14H2,1-2H3/b5-4+. The minimum absolute atomic E-state index is 0.539. The molecule has 15 heavy (non-hydrogen) atoms. The third-order valence-electron chi connectivity index (χ3n) is 2.18. The molecule has 0 fully saturated rings. The fourth-order valence-electron chi connectivity index (χ4n) is 1.41. The zero-order valence-corrected chi connectivity index (χ0v) is 10.7. The average molecular weight is 270 g/mol. The lowest BCUT2D eigenvalue weighted by atomic mass is 10.1. The number of methoxy groups -OCH3 is 1. The minimum atomic E-state index is 0.539. The summed E-state index contributed by atoms with van der Waals surface area (Å²) < 4.78 is 6.32. The first-order valence-corrected chi connectivity index (χ1v) is 5.75. The smallest absolute Gasteiger partial charge is 0.140 e. The number of halogens is 1. The Balaban J connectivity index is 3.19. The van der Waals surface area contributed by atoms with Gasteiger partial charge >= 0.3 is 0 Å². The first kappa shape index (κ1) is 12.3. The second-order valence-electron chi connectivity index (χ2n) is 3.19. The van der Waals surface area contributed by atoms with E-state index in [2.05, 4.69) is 35.0 Å². The summed E-state index contributed by atoms with van der Waals surface area (Å²) >= 11 is 3.50. The normalized spacial score (nSPS) is 10.9. The fraction of sp³-hybridized carbons (Fsp3) is 0.333. The van der Waals surface area contributed by atoms with Gasteiger partial charge in [0.1, 0.15) is 5.75 Å². The maximum absolute atomic E-state index is 5.44. The quantitative estimate of drug-likeness (QED) is 0.912. The fourth-order valence-corrected chi connectivity index (χ4v) is 2.10. The van der Waals surface area contributed by atoms with E-state index in [-0.39, 0.29) is 0 Å². The van der Waals surface area contributed by atoms with Gasteiger partial charge in [-0.15, -0.1) is 0 Å². The van der Waals surface area contributed by atoms with Gasteiger partial charge in [-0.25, -0.2) is 0 Å². The molecule has 0 heterocycles. The van der Waals surface area contributed by atoms with Crippen LogP contribution in [0.3, 0.4) is 0 Å². The zero-order chi connectivity index (χ0) is 11.3. The predicted octanol–water partition coefficient (Wildman–Crippen LogP) is 2.99. The number of nitrogens with two attached hydrogens (primary N) is 1. The zero-order valence-electron chi connectivity index (χ0n) is 9.09. The van der Waals surface area contributed by atoms with Crippen molar-refractivity contribution in [1.29, 1.82) is 0 Å². The van der Waals surface area contributed by atoms with E-state index in [0.717, 1.165) is 22.2 Å². The van der Waals surface area contributed by atoms with Gasteiger partial charge in [0, 0.05) is 12.1 Å². The molecule has 1 rings (SSSR count). The Morgan fingerprint density at radius 1 is 1.47 bits per heavy atom. The van der Waals surface area contributed by atoms with Crippen molar-refractivity contribution in [3.05, 3.63) is 33.8 Å². The summed E-state index contributed by atoms with van der Waals surface area (Å²) in [7, 11) is 1.67. The first-order valence-electron chi connectivity index (χ1n) is 4.96. The Morgan fingerprint density at radius 3 is 2.73 bits per heavy atom. The Morgan fingerprint density at radius 2 is 2.20 bits per heavy atom. The average Bonchev–Trinajstić information content (AvgIpc) is 2.25. The number of ether oxygens (including phenoxy) is 1. The molecule has 0 saturated carbocycles. The molecule has 0 saturated heterocycles. The van der Waals surface area contributed by atoms with Crippen LogP contribution < -0.4 is 10.5 Å². The second-order valence-corrected chi connectivity index (χ2v) is 4.05. The molecule has 0 aliphatic heterocycles. The van der Waals surface area contributed by atoms with Gasteiger partial charge in [0.15, 0.2) is 0 Å². The van der Waals surface area contributed by atoms with Gasteiger partial charge in [-0.3, -0.25) is 0 Å². The van der Waals surface area contributed by atoms with Gasteiger partial charge in [0.05, 0.1) is 11.6 Å². The van der Waals surface area contributed by atoms with Gasteiger partial charge in [-0.2, -0.15) is 0 Å². The van der Waals surface area contributed by atoms with Gasteiger partial charge in [0.2, 0.25) is 0 Å². The summed E-state index contributed by atoms with van der Waals surface area (Å²) in [6.45, 7) is 2.67. The van der Waals surface area contributed by atoms with E-state index in [1.54, 1.807) is 7.11 Å². The van der Waals surface area contributed by atoms with Gasteiger partial charge < -0.3 is 10.5 Å². The third kappa shape index (κ3) is 3.08. The van der Waals surface area contributed by atoms with Crippen molar-refractivity contribution in [2.45, 2.75) is 13.3 Å². The molecule has 82 valence electrons. The Labute approximate surface area is 99.3 Å². The van der Waals surface area contributed by atoms with Crippen molar-refractivity contribution >= 4 is 22.0 Å². The number of rotatable bonds is 4. The van der Waals surface area contributed by atoms with Crippen molar-refractivity contribution in [3.63, 3.8) is 0 Å². The predicted molar refractivity (Wildman–Crippen MR) is 68.2 cm³/mol. The SMILES string of the molecule is CCc1cc(Br)c(OC)c(/C=C/CN)c1. The second kappa shape index (κ2) is 5.93. The lowest BCUT2D eigenvalue weighted by molar-refractivity contribution is 0.411. The monoisotopic (exact) mass is 269 g/mol. The molecule has 0 spiro atoms. The molecule has 2 N–H and O–H groups in total. The third-order valence-corrected chi connectivity index (χ3v) is 2.77. The topological polar surface area (TPSA) is 35.2 Å². The molecule has 0 amide bonds.